The molecule has 0 aliphatic rings. The number of rotatable bonds is 7. The van der Waals surface area contributed by atoms with Gasteiger partial charge in [0.15, 0.2) is 0 Å². The van der Waals surface area contributed by atoms with E-state index in [-0.39, 0.29) is 0 Å². The van der Waals surface area contributed by atoms with E-state index in [1.54, 1.807) is 10.8 Å². The molecule has 0 aromatic heterocycles. The first-order valence-corrected chi connectivity index (χ1v) is 6.37. The SMILES string of the molecule is CSSCCCCCC(=O)O. The zero-order chi connectivity index (χ0) is 8.53. The Hall–Kier alpha value is 0.170. The van der Waals surface area contributed by atoms with Crippen LogP contribution in [0.25, 0.3) is 0 Å². The van der Waals surface area contributed by atoms with Gasteiger partial charge in [-0.2, -0.15) is 0 Å². The van der Waals surface area contributed by atoms with Crippen LogP contribution in [0.15, 0.2) is 0 Å². The summed E-state index contributed by atoms with van der Waals surface area (Å²) < 4.78 is 0. The van der Waals surface area contributed by atoms with E-state index in [2.05, 4.69) is 6.26 Å². The maximum atomic E-state index is 10.1. The number of unbranched alkanes of at least 4 members (excludes halogenated alkanes) is 2. The zero-order valence-corrected chi connectivity index (χ0v) is 8.34. The lowest BCUT2D eigenvalue weighted by molar-refractivity contribution is -0.137. The number of hydrogen-bond acceptors (Lipinski definition) is 3. The minimum Gasteiger partial charge on any atom is -0.481 e. The highest BCUT2D eigenvalue weighted by Crippen LogP contribution is 2.18. The van der Waals surface area contributed by atoms with Gasteiger partial charge in [-0.1, -0.05) is 28.0 Å². The van der Waals surface area contributed by atoms with Gasteiger partial charge in [0.1, 0.15) is 0 Å². The molecule has 2 nitrogen and oxygen atoms in total. The van der Waals surface area contributed by atoms with Gasteiger partial charge < -0.3 is 5.11 Å². The molecule has 0 unspecified atom stereocenters. The summed E-state index contributed by atoms with van der Waals surface area (Å²) in [4.78, 5) is 10.1. The predicted molar refractivity (Wildman–Crippen MR) is 52.1 cm³/mol. The molecule has 0 saturated carbocycles. The lowest BCUT2D eigenvalue weighted by atomic mass is 10.2. The zero-order valence-electron chi connectivity index (χ0n) is 6.71. The molecule has 0 aromatic carbocycles. The van der Waals surface area contributed by atoms with Crippen LogP contribution in [0.3, 0.4) is 0 Å². The van der Waals surface area contributed by atoms with E-state index in [1.165, 1.54) is 0 Å². The van der Waals surface area contributed by atoms with Crippen LogP contribution in [0.4, 0.5) is 0 Å². The summed E-state index contributed by atoms with van der Waals surface area (Å²) in [6, 6.07) is 0. The molecule has 66 valence electrons. The quantitative estimate of drug-likeness (QED) is 0.499. The van der Waals surface area contributed by atoms with Gasteiger partial charge in [-0.25, -0.2) is 0 Å². The van der Waals surface area contributed by atoms with E-state index in [4.69, 9.17) is 5.11 Å². The molecule has 0 rings (SSSR count). The topological polar surface area (TPSA) is 37.3 Å². The van der Waals surface area contributed by atoms with Crippen molar-refractivity contribution in [3.8, 4) is 0 Å². The van der Waals surface area contributed by atoms with Crippen LogP contribution in [0.2, 0.25) is 0 Å². The van der Waals surface area contributed by atoms with Crippen LogP contribution in [0.1, 0.15) is 25.7 Å². The molecule has 0 radical (unpaired) electrons. The third kappa shape index (κ3) is 10.2. The van der Waals surface area contributed by atoms with Crippen LogP contribution in [0, 0.1) is 0 Å². The first kappa shape index (κ1) is 11.2. The molecule has 0 spiro atoms. The van der Waals surface area contributed by atoms with Crippen LogP contribution in [0.5, 0.6) is 0 Å². The summed E-state index contributed by atoms with van der Waals surface area (Å²) >= 11 is 0. The Balaban J connectivity index is 2.85. The summed E-state index contributed by atoms with van der Waals surface area (Å²) in [6.07, 6.45) is 5.38. The van der Waals surface area contributed by atoms with E-state index in [9.17, 15) is 4.79 Å². The van der Waals surface area contributed by atoms with Crippen molar-refractivity contribution < 1.29 is 9.90 Å². The summed E-state index contributed by atoms with van der Waals surface area (Å²) in [7, 11) is 3.60. The molecule has 1 N–H and O–H groups in total. The Morgan fingerprint density at radius 2 is 2.09 bits per heavy atom. The summed E-state index contributed by atoms with van der Waals surface area (Å²) in [6.45, 7) is 0. The predicted octanol–water partition coefficient (Wildman–Crippen LogP) is 2.64. The summed E-state index contributed by atoms with van der Waals surface area (Å²) in [5, 5.41) is 8.31. The van der Waals surface area contributed by atoms with Crippen molar-refractivity contribution in [3.63, 3.8) is 0 Å². The number of hydrogen-bond donors (Lipinski definition) is 1. The van der Waals surface area contributed by atoms with Gasteiger partial charge in [0, 0.05) is 12.2 Å². The molecular formula is C7H14O2S2. The van der Waals surface area contributed by atoms with Crippen molar-refractivity contribution in [3.05, 3.63) is 0 Å². The van der Waals surface area contributed by atoms with Gasteiger partial charge in [0.05, 0.1) is 0 Å². The van der Waals surface area contributed by atoms with Crippen molar-refractivity contribution in [1.82, 2.24) is 0 Å². The van der Waals surface area contributed by atoms with Crippen molar-refractivity contribution >= 4 is 27.6 Å². The van der Waals surface area contributed by atoms with Gasteiger partial charge in [0.2, 0.25) is 0 Å². The van der Waals surface area contributed by atoms with Crippen LogP contribution < -0.4 is 0 Å². The lowest BCUT2D eigenvalue weighted by Crippen LogP contribution is -1.93. The highest BCUT2D eigenvalue weighted by Gasteiger charge is 1.95. The third-order valence-corrected chi connectivity index (χ3v) is 3.13. The molecular weight excluding hydrogens is 180 g/mol. The van der Waals surface area contributed by atoms with Crippen LogP contribution >= 0.6 is 21.6 Å². The molecule has 0 amide bonds. The Morgan fingerprint density at radius 1 is 1.36 bits per heavy atom. The number of aliphatic carboxylic acids is 1. The maximum absolute atomic E-state index is 10.1. The van der Waals surface area contributed by atoms with Crippen molar-refractivity contribution in [2.75, 3.05) is 12.0 Å². The first-order chi connectivity index (χ1) is 5.27. The average molecular weight is 194 g/mol. The third-order valence-electron chi connectivity index (χ3n) is 1.24. The van der Waals surface area contributed by atoms with Crippen molar-refractivity contribution in [1.29, 1.82) is 0 Å². The normalized spacial score (nSPS) is 9.91. The van der Waals surface area contributed by atoms with E-state index in [1.807, 2.05) is 10.8 Å². The van der Waals surface area contributed by atoms with Gasteiger partial charge in [0.25, 0.3) is 0 Å². The maximum Gasteiger partial charge on any atom is 0.303 e. The van der Waals surface area contributed by atoms with Crippen molar-refractivity contribution in [2.24, 2.45) is 0 Å². The van der Waals surface area contributed by atoms with Gasteiger partial charge in [-0.3, -0.25) is 4.79 Å². The summed E-state index contributed by atoms with van der Waals surface area (Å²) in [5.41, 5.74) is 0. The molecule has 0 aliphatic carbocycles. The molecule has 0 saturated heterocycles. The number of carbonyl (C=O) groups is 1. The Morgan fingerprint density at radius 3 is 2.64 bits per heavy atom. The molecule has 0 fully saturated rings. The number of carboxylic acid groups (broad SMARTS) is 1. The largest absolute Gasteiger partial charge is 0.481 e. The fraction of sp³-hybridized carbons (Fsp3) is 0.857. The minimum absolute atomic E-state index is 0.323. The second-order valence-corrected chi connectivity index (χ2v) is 4.88. The van der Waals surface area contributed by atoms with E-state index >= 15 is 0 Å². The molecule has 0 heterocycles. The monoisotopic (exact) mass is 194 g/mol. The molecule has 11 heavy (non-hydrogen) atoms. The Labute approximate surface area is 75.5 Å². The standard InChI is InChI=1S/C7H14O2S2/c1-10-11-6-4-2-3-5-7(8)9/h2-6H2,1H3,(H,8,9). The highest BCUT2D eigenvalue weighted by molar-refractivity contribution is 8.76. The smallest absolute Gasteiger partial charge is 0.303 e. The van der Waals surface area contributed by atoms with Gasteiger partial charge in [-0.05, 0) is 19.1 Å². The van der Waals surface area contributed by atoms with Crippen LogP contribution in [-0.4, -0.2) is 23.1 Å². The molecule has 0 aliphatic heterocycles. The van der Waals surface area contributed by atoms with E-state index in [0.717, 1.165) is 25.0 Å². The average Bonchev–Trinajstić information content (AvgIpc) is 1.96. The molecule has 0 atom stereocenters. The number of carboxylic acids is 1. The summed E-state index contributed by atoms with van der Waals surface area (Å²) in [5.74, 6) is 0.461. The molecule has 4 heteroatoms. The molecule has 0 bridgehead atoms. The van der Waals surface area contributed by atoms with E-state index in [0.29, 0.717) is 6.42 Å². The first-order valence-electron chi connectivity index (χ1n) is 3.64. The van der Waals surface area contributed by atoms with Gasteiger partial charge >= 0.3 is 5.97 Å². The fourth-order valence-electron chi connectivity index (χ4n) is 0.697. The molecule has 0 aromatic rings. The highest BCUT2D eigenvalue weighted by atomic mass is 33.1. The second kappa shape index (κ2) is 8.27. The van der Waals surface area contributed by atoms with Gasteiger partial charge in [-0.15, -0.1) is 0 Å². The van der Waals surface area contributed by atoms with Crippen LogP contribution in [-0.2, 0) is 4.79 Å². The minimum atomic E-state index is -0.678. The lowest BCUT2D eigenvalue weighted by Gasteiger charge is -1.96. The van der Waals surface area contributed by atoms with E-state index < -0.39 is 5.97 Å². The fourth-order valence-corrected chi connectivity index (χ4v) is 2.04. The van der Waals surface area contributed by atoms with Crippen molar-refractivity contribution in [2.45, 2.75) is 25.7 Å². The second-order valence-electron chi connectivity index (χ2n) is 2.19. The Kier molecular flexibility index (Phi) is 8.40. The Bertz CT molecular complexity index is 107.